The topological polar surface area (TPSA) is 105 Å². The zero-order valence-corrected chi connectivity index (χ0v) is 18.2. The van der Waals surface area contributed by atoms with Crippen LogP contribution in [0.4, 0.5) is 5.69 Å². The SMILES string of the molecule is CC1CCN(C(=O)/C(C#N)=C\c2cn(-c3ccccc3)nc2-c2ccc([N+](=O)[O-])cc2)CC1. The number of benzene rings is 2. The van der Waals surface area contributed by atoms with Crippen LogP contribution in [0.15, 0.2) is 66.4 Å². The Balaban J connectivity index is 1.75. The van der Waals surface area contributed by atoms with E-state index < -0.39 is 4.92 Å². The van der Waals surface area contributed by atoms with Crippen LogP contribution in [0.3, 0.4) is 0 Å². The van der Waals surface area contributed by atoms with Crippen LogP contribution in [0.1, 0.15) is 25.3 Å². The molecule has 8 heteroatoms. The Kier molecular flexibility index (Phi) is 6.31. The van der Waals surface area contributed by atoms with E-state index in [4.69, 9.17) is 0 Å². The Hall–Kier alpha value is -4.25. The number of rotatable bonds is 5. The first-order valence-electron chi connectivity index (χ1n) is 10.8. The summed E-state index contributed by atoms with van der Waals surface area (Å²) in [5, 5.41) is 25.5. The number of nitriles is 1. The molecule has 0 aliphatic carbocycles. The standard InChI is InChI=1S/C25H23N5O3/c1-18-11-13-28(14-12-18)25(31)20(16-26)15-21-17-29(22-5-3-2-4-6-22)27-24(21)19-7-9-23(10-8-19)30(32)33/h2-10,15,17-18H,11-14H2,1H3/b20-15-. The molecule has 1 amide bonds. The van der Waals surface area contributed by atoms with Crippen LogP contribution >= 0.6 is 0 Å². The fourth-order valence-corrected chi connectivity index (χ4v) is 3.85. The second kappa shape index (κ2) is 9.49. The molecule has 1 saturated heterocycles. The smallest absolute Gasteiger partial charge is 0.269 e. The monoisotopic (exact) mass is 441 g/mol. The van der Waals surface area contributed by atoms with E-state index >= 15 is 0 Å². The second-order valence-corrected chi connectivity index (χ2v) is 8.16. The highest BCUT2D eigenvalue weighted by Crippen LogP contribution is 2.28. The van der Waals surface area contributed by atoms with Gasteiger partial charge in [-0.1, -0.05) is 25.1 Å². The van der Waals surface area contributed by atoms with Crippen molar-refractivity contribution in [3.05, 3.63) is 82.0 Å². The van der Waals surface area contributed by atoms with Gasteiger partial charge in [0.15, 0.2) is 0 Å². The van der Waals surface area contributed by atoms with Gasteiger partial charge in [0.2, 0.25) is 0 Å². The van der Waals surface area contributed by atoms with Gasteiger partial charge < -0.3 is 4.90 Å². The molecule has 0 unspecified atom stereocenters. The van der Waals surface area contributed by atoms with Crippen molar-refractivity contribution in [2.45, 2.75) is 19.8 Å². The lowest BCUT2D eigenvalue weighted by Crippen LogP contribution is -2.38. The second-order valence-electron chi connectivity index (χ2n) is 8.16. The molecule has 3 aromatic rings. The summed E-state index contributed by atoms with van der Waals surface area (Å²) in [6, 6.07) is 17.6. The first kappa shape index (κ1) is 22.0. The maximum Gasteiger partial charge on any atom is 0.269 e. The molecule has 0 N–H and O–H groups in total. The van der Waals surface area contributed by atoms with Gasteiger partial charge in [-0.05, 0) is 49.1 Å². The van der Waals surface area contributed by atoms with E-state index in [1.807, 2.05) is 30.3 Å². The number of nitro benzene ring substituents is 1. The number of likely N-dealkylation sites (tertiary alicyclic amines) is 1. The number of carbonyl (C=O) groups is 1. The molecule has 166 valence electrons. The van der Waals surface area contributed by atoms with Crippen molar-refractivity contribution in [2.75, 3.05) is 13.1 Å². The molecular weight excluding hydrogens is 418 g/mol. The third-order valence-electron chi connectivity index (χ3n) is 5.84. The van der Waals surface area contributed by atoms with Gasteiger partial charge in [-0.15, -0.1) is 0 Å². The Morgan fingerprint density at radius 3 is 2.42 bits per heavy atom. The number of aromatic nitrogens is 2. The van der Waals surface area contributed by atoms with Gasteiger partial charge in [0.05, 0.1) is 10.6 Å². The summed E-state index contributed by atoms with van der Waals surface area (Å²) in [4.78, 5) is 25.3. The Morgan fingerprint density at radius 2 is 1.82 bits per heavy atom. The third-order valence-corrected chi connectivity index (χ3v) is 5.84. The van der Waals surface area contributed by atoms with E-state index in [9.17, 15) is 20.2 Å². The number of amides is 1. The van der Waals surface area contributed by atoms with Crippen molar-refractivity contribution in [1.82, 2.24) is 14.7 Å². The third kappa shape index (κ3) is 4.83. The maximum absolute atomic E-state index is 13.0. The van der Waals surface area contributed by atoms with Crippen LogP contribution < -0.4 is 0 Å². The number of nitrogens with zero attached hydrogens (tertiary/aromatic N) is 5. The number of para-hydroxylation sites is 1. The highest BCUT2D eigenvalue weighted by molar-refractivity contribution is 6.02. The van der Waals surface area contributed by atoms with Crippen molar-refractivity contribution < 1.29 is 9.72 Å². The molecule has 33 heavy (non-hydrogen) atoms. The van der Waals surface area contributed by atoms with Crippen LogP contribution in [0.25, 0.3) is 23.0 Å². The van der Waals surface area contributed by atoms with E-state index in [1.165, 1.54) is 12.1 Å². The molecule has 1 aromatic heterocycles. The molecule has 0 bridgehead atoms. The summed E-state index contributed by atoms with van der Waals surface area (Å²) in [5.41, 5.74) is 2.60. The van der Waals surface area contributed by atoms with Gasteiger partial charge in [0.1, 0.15) is 17.3 Å². The minimum absolute atomic E-state index is 0.0226. The lowest BCUT2D eigenvalue weighted by molar-refractivity contribution is -0.384. The first-order valence-corrected chi connectivity index (χ1v) is 10.8. The predicted octanol–water partition coefficient (Wildman–Crippen LogP) is 4.61. The minimum Gasteiger partial charge on any atom is -0.338 e. The fraction of sp³-hybridized carbons (Fsp3) is 0.240. The van der Waals surface area contributed by atoms with Gasteiger partial charge >= 0.3 is 0 Å². The Labute approximate surface area is 191 Å². The molecule has 0 spiro atoms. The number of carbonyl (C=O) groups excluding carboxylic acids is 1. The molecule has 2 aromatic carbocycles. The first-order chi connectivity index (χ1) is 16.0. The Morgan fingerprint density at radius 1 is 1.15 bits per heavy atom. The molecule has 1 fully saturated rings. The van der Waals surface area contributed by atoms with Crippen LogP contribution in [0.2, 0.25) is 0 Å². The van der Waals surface area contributed by atoms with E-state index in [0.717, 1.165) is 18.5 Å². The van der Waals surface area contributed by atoms with E-state index in [-0.39, 0.29) is 17.2 Å². The van der Waals surface area contributed by atoms with E-state index in [2.05, 4.69) is 18.1 Å². The van der Waals surface area contributed by atoms with Gasteiger partial charge in [-0.3, -0.25) is 14.9 Å². The summed E-state index contributed by atoms with van der Waals surface area (Å²) in [5.74, 6) is 0.285. The fourth-order valence-electron chi connectivity index (χ4n) is 3.85. The predicted molar refractivity (Wildman–Crippen MR) is 124 cm³/mol. The van der Waals surface area contributed by atoms with Crippen LogP contribution in [0.5, 0.6) is 0 Å². The molecule has 4 rings (SSSR count). The zero-order chi connectivity index (χ0) is 23.4. The highest BCUT2D eigenvalue weighted by Gasteiger charge is 2.24. The summed E-state index contributed by atoms with van der Waals surface area (Å²) in [6.45, 7) is 3.44. The molecule has 1 aliphatic rings. The number of non-ortho nitro benzene ring substituents is 1. The van der Waals surface area contributed by atoms with Gasteiger partial charge in [-0.2, -0.15) is 10.4 Å². The van der Waals surface area contributed by atoms with Crippen molar-refractivity contribution in [3.8, 4) is 23.0 Å². The van der Waals surface area contributed by atoms with E-state index in [1.54, 1.807) is 34.0 Å². The zero-order valence-electron chi connectivity index (χ0n) is 18.2. The number of piperidine rings is 1. The maximum atomic E-state index is 13.0. The molecule has 1 aliphatic heterocycles. The molecule has 0 radical (unpaired) electrons. The van der Waals surface area contributed by atoms with Crippen molar-refractivity contribution in [3.63, 3.8) is 0 Å². The van der Waals surface area contributed by atoms with E-state index in [0.29, 0.717) is 35.8 Å². The molecule has 0 saturated carbocycles. The van der Waals surface area contributed by atoms with Crippen LogP contribution in [0, 0.1) is 27.4 Å². The lowest BCUT2D eigenvalue weighted by Gasteiger charge is -2.30. The van der Waals surface area contributed by atoms with Gasteiger partial charge in [-0.25, -0.2) is 4.68 Å². The lowest BCUT2D eigenvalue weighted by atomic mass is 9.98. The van der Waals surface area contributed by atoms with Crippen LogP contribution in [-0.4, -0.2) is 38.6 Å². The molecule has 2 heterocycles. The summed E-state index contributed by atoms with van der Waals surface area (Å²) >= 11 is 0. The van der Waals surface area contributed by atoms with Crippen LogP contribution in [-0.2, 0) is 4.79 Å². The van der Waals surface area contributed by atoms with Crippen molar-refractivity contribution in [2.24, 2.45) is 5.92 Å². The summed E-state index contributed by atoms with van der Waals surface area (Å²) in [6.07, 6.45) is 5.16. The Bertz CT molecular complexity index is 1230. The normalized spacial score (nSPS) is 14.7. The average molecular weight is 441 g/mol. The molecular formula is C25H23N5O3. The summed E-state index contributed by atoms with van der Waals surface area (Å²) < 4.78 is 1.67. The highest BCUT2D eigenvalue weighted by atomic mass is 16.6. The average Bonchev–Trinajstić information content (AvgIpc) is 3.27. The minimum atomic E-state index is -0.459. The van der Waals surface area contributed by atoms with Gasteiger partial charge in [0.25, 0.3) is 11.6 Å². The number of nitro groups is 1. The largest absolute Gasteiger partial charge is 0.338 e. The van der Waals surface area contributed by atoms with Crippen molar-refractivity contribution >= 4 is 17.7 Å². The van der Waals surface area contributed by atoms with Crippen molar-refractivity contribution in [1.29, 1.82) is 5.26 Å². The molecule has 0 atom stereocenters. The summed E-state index contributed by atoms with van der Waals surface area (Å²) in [7, 11) is 0. The number of hydrogen-bond acceptors (Lipinski definition) is 5. The number of hydrogen-bond donors (Lipinski definition) is 0. The quantitative estimate of drug-likeness (QED) is 0.249. The van der Waals surface area contributed by atoms with Gasteiger partial charge in [0, 0.05) is 42.5 Å². The molecule has 8 nitrogen and oxygen atoms in total.